The van der Waals surface area contributed by atoms with Gasteiger partial charge < -0.3 is 0 Å². The largest absolute Gasteiger partial charge is 0.297 e. The van der Waals surface area contributed by atoms with Crippen LogP contribution in [-0.4, -0.2) is 31.9 Å². The van der Waals surface area contributed by atoms with Crippen molar-refractivity contribution in [3.8, 4) is 0 Å². The van der Waals surface area contributed by atoms with Gasteiger partial charge in [-0.2, -0.15) is 0 Å². The molecule has 0 aromatic heterocycles. The molecule has 0 aliphatic carbocycles. The minimum absolute atomic E-state index is 0.315. The smallest absolute Gasteiger partial charge is 0.241 e. The maximum Gasteiger partial charge on any atom is 0.241 e. The Morgan fingerprint density at radius 2 is 1.68 bits per heavy atom. The zero-order chi connectivity index (χ0) is 18.1. The van der Waals surface area contributed by atoms with Gasteiger partial charge in [0.1, 0.15) is 0 Å². The van der Waals surface area contributed by atoms with Crippen LogP contribution in [0.25, 0.3) is 0 Å². The Hall–Kier alpha value is -1.69. The second-order valence-corrected chi connectivity index (χ2v) is 9.21. The van der Waals surface area contributed by atoms with E-state index in [2.05, 4.69) is 33.9 Å². The number of nitrogens with one attached hydrogen (secondary N) is 1. The molecule has 1 aliphatic rings. The topological polar surface area (TPSA) is 49.4 Å². The fourth-order valence-corrected chi connectivity index (χ4v) is 4.82. The zero-order valence-corrected chi connectivity index (χ0v) is 15.9. The minimum Gasteiger partial charge on any atom is -0.297 e. The molecular weight excluding hydrogens is 332 g/mol. The third-order valence-corrected chi connectivity index (χ3v) is 6.28. The lowest BCUT2D eigenvalue weighted by Gasteiger charge is -2.36. The molecule has 1 heterocycles. The third-order valence-electron chi connectivity index (χ3n) is 4.57. The second kappa shape index (κ2) is 6.90. The summed E-state index contributed by atoms with van der Waals surface area (Å²) < 4.78 is 28.2. The maximum atomic E-state index is 12.7. The Labute approximate surface area is 150 Å². The van der Waals surface area contributed by atoms with Crippen LogP contribution in [-0.2, 0) is 23.0 Å². The number of sulfonamides is 1. The molecular formula is C20H26N2O2S. The van der Waals surface area contributed by atoms with Crippen molar-refractivity contribution in [2.45, 2.75) is 44.2 Å². The first-order chi connectivity index (χ1) is 11.8. The van der Waals surface area contributed by atoms with Gasteiger partial charge in [-0.1, -0.05) is 42.0 Å². The lowest BCUT2D eigenvalue weighted by Crippen LogP contribution is -2.52. The van der Waals surface area contributed by atoms with Crippen LogP contribution in [0.5, 0.6) is 0 Å². The molecule has 4 nitrogen and oxygen atoms in total. The molecule has 3 rings (SSSR count). The first-order valence-corrected chi connectivity index (χ1v) is 10.1. The molecule has 1 aliphatic heterocycles. The van der Waals surface area contributed by atoms with Gasteiger partial charge in [-0.05, 0) is 50.5 Å². The Balaban J connectivity index is 1.69. The van der Waals surface area contributed by atoms with E-state index in [1.54, 1.807) is 12.1 Å². The van der Waals surface area contributed by atoms with Crippen molar-refractivity contribution in [3.63, 3.8) is 0 Å². The standard InChI is InChI=1S/C20H26N2O2S/c1-16-8-10-19(11-9-16)25(23,24)21-20(2,3)15-22-13-12-17-6-4-5-7-18(17)14-22/h4-11,21H,12-15H2,1-3H3. The van der Waals surface area contributed by atoms with Gasteiger partial charge in [0, 0.05) is 25.2 Å². The van der Waals surface area contributed by atoms with Gasteiger partial charge in [-0.25, -0.2) is 13.1 Å². The summed E-state index contributed by atoms with van der Waals surface area (Å²) in [6.07, 6.45) is 1.01. The van der Waals surface area contributed by atoms with E-state index in [1.165, 1.54) is 11.1 Å². The van der Waals surface area contributed by atoms with E-state index in [0.29, 0.717) is 11.4 Å². The van der Waals surface area contributed by atoms with Crippen LogP contribution in [0.4, 0.5) is 0 Å². The number of hydrogen-bond acceptors (Lipinski definition) is 3. The van der Waals surface area contributed by atoms with E-state index in [9.17, 15) is 8.42 Å². The normalized spacial score (nSPS) is 15.8. The lowest BCUT2D eigenvalue weighted by atomic mass is 9.98. The second-order valence-electron chi connectivity index (χ2n) is 7.53. The maximum absolute atomic E-state index is 12.7. The van der Waals surface area contributed by atoms with Gasteiger partial charge in [0.05, 0.1) is 4.90 Å². The number of rotatable bonds is 5. The van der Waals surface area contributed by atoms with Crippen LogP contribution in [0.15, 0.2) is 53.4 Å². The molecule has 0 radical (unpaired) electrons. The Kier molecular flexibility index (Phi) is 5.00. The quantitative estimate of drug-likeness (QED) is 0.893. The van der Waals surface area contributed by atoms with E-state index in [0.717, 1.165) is 25.1 Å². The highest BCUT2D eigenvalue weighted by Gasteiger charge is 2.29. The lowest BCUT2D eigenvalue weighted by molar-refractivity contribution is 0.200. The molecule has 0 bridgehead atoms. The van der Waals surface area contributed by atoms with E-state index in [-0.39, 0.29) is 0 Å². The summed E-state index contributed by atoms with van der Waals surface area (Å²) in [4.78, 5) is 2.63. The molecule has 0 atom stereocenters. The number of hydrogen-bond donors (Lipinski definition) is 1. The van der Waals surface area contributed by atoms with E-state index >= 15 is 0 Å². The van der Waals surface area contributed by atoms with Crippen molar-refractivity contribution in [1.82, 2.24) is 9.62 Å². The van der Waals surface area contributed by atoms with Crippen molar-refractivity contribution in [2.75, 3.05) is 13.1 Å². The van der Waals surface area contributed by atoms with Crippen molar-refractivity contribution in [3.05, 3.63) is 65.2 Å². The van der Waals surface area contributed by atoms with Gasteiger partial charge in [-0.15, -0.1) is 0 Å². The summed E-state index contributed by atoms with van der Waals surface area (Å²) in [5.41, 5.74) is 3.24. The number of benzene rings is 2. The van der Waals surface area contributed by atoms with Gasteiger partial charge >= 0.3 is 0 Å². The fraction of sp³-hybridized carbons (Fsp3) is 0.400. The van der Waals surface area contributed by atoms with E-state index in [4.69, 9.17) is 0 Å². The molecule has 134 valence electrons. The minimum atomic E-state index is -3.52. The highest BCUT2D eigenvalue weighted by molar-refractivity contribution is 7.89. The zero-order valence-electron chi connectivity index (χ0n) is 15.1. The summed E-state index contributed by atoms with van der Waals surface area (Å²) in [7, 11) is -3.52. The van der Waals surface area contributed by atoms with Crippen LogP contribution in [0.2, 0.25) is 0 Å². The molecule has 2 aromatic rings. The highest BCUT2D eigenvalue weighted by atomic mass is 32.2. The SMILES string of the molecule is Cc1ccc(S(=O)(=O)NC(C)(C)CN2CCc3ccccc3C2)cc1. The Morgan fingerprint density at radius 3 is 2.36 bits per heavy atom. The summed E-state index contributed by atoms with van der Waals surface area (Å²) in [6, 6.07) is 15.4. The summed E-state index contributed by atoms with van der Waals surface area (Å²) in [5.74, 6) is 0. The van der Waals surface area contributed by atoms with E-state index in [1.807, 2.05) is 32.9 Å². The number of aryl methyl sites for hydroxylation is 1. The fourth-order valence-electron chi connectivity index (χ4n) is 3.42. The van der Waals surface area contributed by atoms with Gasteiger partial charge in [-0.3, -0.25) is 4.90 Å². The molecule has 0 saturated heterocycles. The van der Waals surface area contributed by atoms with Crippen molar-refractivity contribution in [2.24, 2.45) is 0 Å². The van der Waals surface area contributed by atoms with Crippen molar-refractivity contribution in [1.29, 1.82) is 0 Å². The van der Waals surface area contributed by atoms with Gasteiger partial charge in [0.15, 0.2) is 0 Å². The molecule has 2 aromatic carbocycles. The predicted octanol–water partition coefficient (Wildman–Crippen LogP) is 3.11. The molecule has 0 fully saturated rings. The van der Waals surface area contributed by atoms with E-state index < -0.39 is 15.6 Å². The van der Waals surface area contributed by atoms with Crippen molar-refractivity contribution >= 4 is 10.0 Å². The average molecular weight is 359 g/mol. The molecule has 0 spiro atoms. The Morgan fingerprint density at radius 1 is 1.04 bits per heavy atom. The molecule has 1 N–H and O–H groups in total. The first-order valence-electron chi connectivity index (χ1n) is 8.65. The highest BCUT2D eigenvalue weighted by Crippen LogP contribution is 2.21. The first kappa shape index (κ1) is 18.1. The number of fused-ring (bicyclic) bond motifs is 1. The summed E-state index contributed by atoms with van der Waals surface area (Å²) in [5, 5.41) is 0. The summed E-state index contributed by atoms with van der Waals surface area (Å²) in [6.45, 7) is 8.32. The average Bonchev–Trinajstić information content (AvgIpc) is 2.53. The molecule has 0 unspecified atom stereocenters. The van der Waals surface area contributed by atoms with Crippen LogP contribution in [0, 0.1) is 6.92 Å². The van der Waals surface area contributed by atoms with Crippen LogP contribution in [0.1, 0.15) is 30.5 Å². The molecule has 5 heteroatoms. The molecule has 25 heavy (non-hydrogen) atoms. The summed E-state index contributed by atoms with van der Waals surface area (Å²) >= 11 is 0. The van der Waals surface area contributed by atoms with Crippen LogP contribution in [0.3, 0.4) is 0 Å². The van der Waals surface area contributed by atoms with Crippen molar-refractivity contribution < 1.29 is 8.42 Å². The van der Waals surface area contributed by atoms with Crippen LogP contribution >= 0.6 is 0 Å². The van der Waals surface area contributed by atoms with Crippen LogP contribution < -0.4 is 4.72 Å². The van der Waals surface area contributed by atoms with Gasteiger partial charge in [0.2, 0.25) is 10.0 Å². The monoisotopic (exact) mass is 358 g/mol. The number of nitrogens with zero attached hydrogens (tertiary/aromatic N) is 1. The van der Waals surface area contributed by atoms with Gasteiger partial charge in [0.25, 0.3) is 0 Å². The molecule has 0 amide bonds. The predicted molar refractivity (Wildman–Crippen MR) is 101 cm³/mol. The molecule has 0 saturated carbocycles. The third kappa shape index (κ3) is 4.48. The Bertz CT molecular complexity index is 842.